The average Bonchev–Trinajstić information content (AvgIpc) is 3.17. The number of amides is 1. The van der Waals surface area contributed by atoms with Crippen LogP contribution in [0.3, 0.4) is 0 Å². The van der Waals surface area contributed by atoms with Crippen LogP contribution in [-0.2, 0) is 0 Å². The van der Waals surface area contributed by atoms with Gasteiger partial charge in [0.15, 0.2) is 0 Å². The van der Waals surface area contributed by atoms with Crippen LogP contribution in [0.25, 0.3) is 0 Å². The Morgan fingerprint density at radius 1 is 1.31 bits per heavy atom. The third kappa shape index (κ3) is 4.22. The van der Waals surface area contributed by atoms with Crippen LogP contribution in [0.15, 0.2) is 30.5 Å². The number of hydrogen-bond acceptors (Lipinski definition) is 5. The number of nitrogens with zero attached hydrogens (tertiary/aromatic N) is 4. The van der Waals surface area contributed by atoms with Gasteiger partial charge in [-0.2, -0.15) is 0 Å². The molecule has 2 heterocycles. The van der Waals surface area contributed by atoms with E-state index in [2.05, 4.69) is 22.6 Å². The van der Waals surface area contributed by atoms with E-state index in [9.17, 15) is 9.90 Å². The molecule has 7 heteroatoms. The number of piperidine rings is 1. The van der Waals surface area contributed by atoms with Crippen molar-refractivity contribution in [1.82, 2.24) is 19.9 Å². The number of nitrogens with one attached hydrogen (secondary N) is 1. The fourth-order valence-electron chi connectivity index (χ4n) is 3.18. The molecule has 0 aliphatic carbocycles. The Balaban J connectivity index is 1.56. The molecular weight excluding hydrogens is 330 g/mol. The summed E-state index contributed by atoms with van der Waals surface area (Å²) in [5, 5.41) is 21.0. The molecule has 2 N–H and O–H groups in total. The smallest absolute Gasteiger partial charge is 0.253 e. The van der Waals surface area contributed by atoms with Crippen LogP contribution in [0.2, 0.25) is 0 Å². The van der Waals surface area contributed by atoms with E-state index in [-0.39, 0.29) is 11.9 Å². The van der Waals surface area contributed by atoms with Crippen molar-refractivity contribution in [2.24, 2.45) is 0 Å². The highest BCUT2D eigenvalue weighted by molar-refractivity contribution is 5.94. The maximum absolute atomic E-state index is 12.7. The molecule has 1 unspecified atom stereocenters. The lowest BCUT2D eigenvalue weighted by molar-refractivity contribution is 0.0689. The molecule has 1 aliphatic rings. The van der Waals surface area contributed by atoms with Gasteiger partial charge in [0.25, 0.3) is 5.91 Å². The Bertz CT molecular complexity index is 718. The van der Waals surface area contributed by atoms with E-state index in [0.29, 0.717) is 18.8 Å². The minimum absolute atomic E-state index is 0.0775. The molecular formula is C19H27N5O2. The number of carbonyl (C=O) groups is 1. The topological polar surface area (TPSA) is 83.3 Å². The second kappa shape index (κ2) is 8.31. The van der Waals surface area contributed by atoms with Crippen molar-refractivity contribution in [3.63, 3.8) is 0 Å². The average molecular weight is 357 g/mol. The largest absolute Gasteiger partial charge is 0.387 e. The van der Waals surface area contributed by atoms with Gasteiger partial charge >= 0.3 is 0 Å². The molecule has 1 aromatic heterocycles. The lowest BCUT2D eigenvalue weighted by atomic mass is 10.0. The minimum atomic E-state index is -0.611. The van der Waals surface area contributed by atoms with Crippen LogP contribution in [0, 0.1) is 0 Å². The molecule has 1 saturated heterocycles. The number of benzene rings is 1. The summed E-state index contributed by atoms with van der Waals surface area (Å²) in [6.07, 6.45) is 3.93. The van der Waals surface area contributed by atoms with E-state index >= 15 is 0 Å². The summed E-state index contributed by atoms with van der Waals surface area (Å²) >= 11 is 0. The van der Waals surface area contributed by atoms with Gasteiger partial charge in [-0.05, 0) is 50.5 Å². The highest BCUT2D eigenvalue weighted by Gasteiger charge is 2.25. The molecule has 26 heavy (non-hydrogen) atoms. The van der Waals surface area contributed by atoms with Gasteiger partial charge < -0.3 is 15.3 Å². The number of rotatable bonds is 6. The lowest BCUT2D eigenvalue weighted by Crippen LogP contribution is -2.39. The molecule has 0 saturated carbocycles. The number of carbonyl (C=O) groups excluding carboxylic acids is 1. The zero-order valence-corrected chi connectivity index (χ0v) is 15.4. The molecule has 1 aliphatic heterocycles. The van der Waals surface area contributed by atoms with Crippen LogP contribution in [0.4, 0.5) is 5.69 Å². The predicted molar refractivity (Wildman–Crippen MR) is 100 cm³/mol. The zero-order valence-electron chi connectivity index (χ0n) is 15.4. The van der Waals surface area contributed by atoms with Gasteiger partial charge in [0, 0.05) is 30.9 Å². The monoisotopic (exact) mass is 357 g/mol. The number of hydrogen-bond donors (Lipinski definition) is 2. The highest BCUT2D eigenvalue weighted by Crippen LogP contribution is 2.24. The molecule has 0 radical (unpaired) electrons. The van der Waals surface area contributed by atoms with Crippen molar-refractivity contribution in [1.29, 1.82) is 0 Å². The van der Waals surface area contributed by atoms with Gasteiger partial charge in [-0.3, -0.25) is 4.79 Å². The number of aliphatic hydroxyl groups is 1. The normalized spacial score (nSPS) is 16.5. The fourth-order valence-corrected chi connectivity index (χ4v) is 3.18. The predicted octanol–water partition coefficient (Wildman–Crippen LogP) is 2.63. The molecule has 7 nitrogen and oxygen atoms in total. The van der Waals surface area contributed by atoms with Crippen molar-refractivity contribution >= 4 is 11.6 Å². The van der Waals surface area contributed by atoms with Gasteiger partial charge in [-0.25, -0.2) is 4.68 Å². The summed E-state index contributed by atoms with van der Waals surface area (Å²) in [7, 11) is 0. The van der Waals surface area contributed by atoms with Crippen molar-refractivity contribution in [3.8, 4) is 0 Å². The molecule has 1 amide bonds. The summed E-state index contributed by atoms with van der Waals surface area (Å²) < 4.78 is 1.82. The fraction of sp³-hybridized carbons (Fsp3) is 0.526. The van der Waals surface area contributed by atoms with Crippen molar-refractivity contribution < 1.29 is 9.90 Å². The number of aliphatic hydroxyl groups excluding tert-OH is 1. The lowest BCUT2D eigenvalue weighted by Gasteiger charge is -2.32. The first kappa shape index (κ1) is 18.4. The standard InChI is InChI=1S/C19H27N5O2/c1-3-10-20-16-6-4-15(5-7-16)19(26)23-11-8-17(9-12-23)24-13-18(14(2)25)21-22-24/h4-7,13-14,17,20,25H,3,8-12H2,1-2H3. The molecule has 2 aromatic rings. The zero-order chi connectivity index (χ0) is 18.5. The van der Waals surface area contributed by atoms with Gasteiger partial charge in [0.05, 0.1) is 18.3 Å². The van der Waals surface area contributed by atoms with Crippen LogP contribution in [0.1, 0.15) is 61.3 Å². The summed E-state index contributed by atoms with van der Waals surface area (Å²) in [6, 6.07) is 7.92. The van der Waals surface area contributed by atoms with Crippen LogP contribution < -0.4 is 5.32 Å². The maximum atomic E-state index is 12.7. The molecule has 0 bridgehead atoms. The van der Waals surface area contributed by atoms with E-state index < -0.39 is 6.10 Å². The SMILES string of the molecule is CCCNc1ccc(C(=O)N2CCC(n3cc(C(C)O)nn3)CC2)cc1. The van der Waals surface area contributed by atoms with Crippen LogP contribution >= 0.6 is 0 Å². The third-order valence-electron chi connectivity index (χ3n) is 4.79. The molecule has 3 rings (SSSR count). The van der Waals surface area contributed by atoms with E-state index in [4.69, 9.17) is 0 Å². The quantitative estimate of drug-likeness (QED) is 0.830. The second-order valence-electron chi connectivity index (χ2n) is 6.83. The van der Waals surface area contributed by atoms with Gasteiger partial charge in [0.1, 0.15) is 5.69 Å². The first-order chi connectivity index (χ1) is 12.6. The Morgan fingerprint density at radius 3 is 2.58 bits per heavy atom. The van der Waals surface area contributed by atoms with Crippen molar-refractivity contribution in [2.45, 2.75) is 45.3 Å². The molecule has 1 fully saturated rings. The maximum Gasteiger partial charge on any atom is 0.253 e. The van der Waals surface area contributed by atoms with Gasteiger partial charge in [0.2, 0.25) is 0 Å². The minimum Gasteiger partial charge on any atom is -0.387 e. The Morgan fingerprint density at radius 2 is 2.00 bits per heavy atom. The third-order valence-corrected chi connectivity index (χ3v) is 4.79. The molecule has 1 atom stereocenters. The first-order valence-electron chi connectivity index (χ1n) is 9.31. The first-order valence-corrected chi connectivity index (χ1v) is 9.31. The number of aromatic nitrogens is 3. The summed E-state index contributed by atoms with van der Waals surface area (Å²) in [4.78, 5) is 14.6. The van der Waals surface area contributed by atoms with Crippen molar-refractivity contribution in [2.75, 3.05) is 25.0 Å². The van der Waals surface area contributed by atoms with Gasteiger partial charge in [-0.15, -0.1) is 5.10 Å². The van der Waals surface area contributed by atoms with E-state index in [0.717, 1.165) is 37.1 Å². The Labute approximate surface area is 154 Å². The number of likely N-dealkylation sites (tertiary alicyclic amines) is 1. The Kier molecular flexibility index (Phi) is 5.88. The summed E-state index contributed by atoms with van der Waals surface area (Å²) in [5.41, 5.74) is 2.35. The molecule has 140 valence electrons. The van der Waals surface area contributed by atoms with Crippen LogP contribution in [-0.4, -0.2) is 50.5 Å². The Hall–Kier alpha value is -2.41. The summed E-state index contributed by atoms with van der Waals surface area (Å²) in [5.74, 6) is 0.0775. The van der Waals surface area contributed by atoms with Crippen molar-refractivity contribution in [3.05, 3.63) is 41.7 Å². The second-order valence-corrected chi connectivity index (χ2v) is 6.83. The van der Waals surface area contributed by atoms with Gasteiger partial charge in [-0.1, -0.05) is 12.1 Å². The highest BCUT2D eigenvalue weighted by atomic mass is 16.3. The van der Waals surface area contributed by atoms with E-state index in [1.165, 1.54) is 0 Å². The van der Waals surface area contributed by atoms with Crippen LogP contribution in [0.5, 0.6) is 0 Å². The van der Waals surface area contributed by atoms with E-state index in [1.807, 2.05) is 33.8 Å². The molecule has 1 aromatic carbocycles. The van der Waals surface area contributed by atoms with E-state index in [1.54, 1.807) is 13.1 Å². The summed E-state index contributed by atoms with van der Waals surface area (Å²) in [6.45, 7) is 6.13. The molecule has 0 spiro atoms. The number of anilines is 1.